The molecule has 390 valence electrons. The molecule has 10 nitrogen and oxygen atoms in total. The highest BCUT2D eigenvalue weighted by molar-refractivity contribution is 6.58. The summed E-state index contributed by atoms with van der Waals surface area (Å²) in [6.07, 6.45) is 19.4. The number of benzene rings is 4. The highest BCUT2D eigenvalue weighted by Crippen LogP contribution is 2.69. The standard InChI is InChI=1S/C59H74B2Cl2O10/c1-35(2)8-6-9-36(3)49-22-23-50-46-21-16-42-28-37(24-26-58(42,4)51(46)25-27-59(49,50)5)10-7-11-45(40-29-47(56(64)65)54(52(62)31-40)72-33-38-12-17-43(18-13-38)60(68)69)41-30-48(57(66)67)55(53(63)32-41)73-34-39-14-19-44(20-15-39)61(70)71/h11-15,17-20,29-32,35-37,42,46,49-51,68-71H,6-10,16,21-28,33-34H2,1-5H3,(H,64,65)(H,66,67)/t36?,37-,42-,46-,49+,50-,51-,58-,59+/m0/s1. The summed E-state index contributed by atoms with van der Waals surface area (Å²) in [4.78, 5) is 25.9. The molecule has 4 aromatic carbocycles. The molecule has 9 atom stereocenters. The Morgan fingerprint density at radius 3 is 1.71 bits per heavy atom. The number of rotatable bonds is 20. The zero-order valence-electron chi connectivity index (χ0n) is 43.2. The van der Waals surface area contributed by atoms with Gasteiger partial charge in [-0.05, 0) is 192 Å². The third-order valence-electron chi connectivity index (χ3n) is 18.4. The molecule has 4 aliphatic rings. The molecule has 0 bridgehead atoms. The number of allylic oxidation sites excluding steroid dienone is 1. The molecule has 0 radical (unpaired) electrons. The molecular weight excluding hydrogens is 961 g/mol. The van der Waals surface area contributed by atoms with Gasteiger partial charge in [-0.3, -0.25) is 0 Å². The lowest BCUT2D eigenvalue weighted by Gasteiger charge is -2.61. The summed E-state index contributed by atoms with van der Waals surface area (Å²) in [5.41, 5.74) is 3.80. The molecule has 0 heterocycles. The number of carbonyl (C=O) groups is 2. The van der Waals surface area contributed by atoms with Crippen molar-refractivity contribution >= 4 is 65.9 Å². The Morgan fingerprint density at radius 1 is 0.685 bits per heavy atom. The molecular formula is C59H74B2Cl2O10. The molecule has 4 aromatic rings. The number of halogens is 2. The van der Waals surface area contributed by atoms with Crippen LogP contribution in [0.4, 0.5) is 0 Å². The number of aromatic carboxylic acids is 2. The Labute approximate surface area is 442 Å². The van der Waals surface area contributed by atoms with Crippen LogP contribution in [0.1, 0.15) is 167 Å². The second-order valence-electron chi connectivity index (χ2n) is 23.1. The van der Waals surface area contributed by atoms with Crippen LogP contribution in [0.15, 0.2) is 78.9 Å². The average Bonchev–Trinajstić information content (AvgIpc) is 3.71. The molecule has 14 heteroatoms. The third kappa shape index (κ3) is 12.1. The SMILES string of the molecule is CC(C)CCCC(C)[C@H]1CC[C@H]2[C@@H]3CC[C@H]4C[C@@H](CCC=C(c5cc(Cl)c(OCc6ccc(B(O)O)cc6)c(C(=O)O)c5)c5cc(Cl)c(OCc6ccc(B(O)O)cc6)c(C(=O)O)c5)CC[C@]4(C)[C@H]3CC[C@]12C. The maximum Gasteiger partial charge on any atom is 0.488 e. The number of fused-ring (bicyclic) bond motifs is 5. The molecule has 8 rings (SSSR count). The predicted octanol–water partition coefficient (Wildman–Crippen LogP) is 11.9. The van der Waals surface area contributed by atoms with Crippen molar-refractivity contribution in [2.45, 2.75) is 138 Å². The van der Waals surface area contributed by atoms with Crippen molar-refractivity contribution in [3.63, 3.8) is 0 Å². The minimum atomic E-state index is -1.63. The summed E-state index contributed by atoms with van der Waals surface area (Å²) in [7, 11) is -3.27. The van der Waals surface area contributed by atoms with Crippen LogP contribution in [0.2, 0.25) is 10.0 Å². The van der Waals surface area contributed by atoms with Gasteiger partial charge in [0.2, 0.25) is 0 Å². The first kappa shape index (κ1) is 55.0. The topological polar surface area (TPSA) is 174 Å². The summed E-state index contributed by atoms with van der Waals surface area (Å²) in [5.74, 6) is 3.44. The highest BCUT2D eigenvalue weighted by Gasteiger charge is 2.60. The van der Waals surface area contributed by atoms with Gasteiger partial charge in [0.15, 0.2) is 11.5 Å². The maximum absolute atomic E-state index is 13.0. The van der Waals surface area contributed by atoms with Gasteiger partial charge >= 0.3 is 26.2 Å². The number of carboxylic acid groups (broad SMARTS) is 2. The smallest absolute Gasteiger partial charge is 0.486 e. The van der Waals surface area contributed by atoms with E-state index in [-0.39, 0.29) is 45.9 Å². The summed E-state index contributed by atoms with van der Waals surface area (Å²) >= 11 is 13.9. The van der Waals surface area contributed by atoms with Crippen LogP contribution in [0, 0.1) is 58.2 Å². The van der Waals surface area contributed by atoms with Crippen molar-refractivity contribution in [2.75, 3.05) is 0 Å². The molecule has 0 saturated heterocycles. The highest BCUT2D eigenvalue weighted by atomic mass is 35.5. The average molecular weight is 1040 g/mol. The molecule has 1 unspecified atom stereocenters. The number of hydrogen-bond acceptors (Lipinski definition) is 8. The van der Waals surface area contributed by atoms with E-state index in [1.54, 1.807) is 60.7 Å². The van der Waals surface area contributed by atoms with E-state index in [1.165, 1.54) is 82.8 Å². The van der Waals surface area contributed by atoms with Gasteiger partial charge in [0.1, 0.15) is 24.3 Å². The molecule has 0 aliphatic heterocycles. The first-order valence-corrected chi connectivity index (χ1v) is 27.5. The number of hydrogen-bond donors (Lipinski definition) is 6. The fraction of sp³-hybridized carbons (Fsp3) is 0.525. The van der Waals surface area contributed by atoms with Crippen LogP contribution in [0.3, 0.4) is 0 Å². The Hall–Kier alpha value is -4.29. The van der Waals surface area contributed by atoms with Crippen LogP contribution in [0.5, 0.6) is 11.5 Å². The van der Waals surface area contributed by atoms with Gasteiger partial charge in [-0.15, -0.1) is 0 Å². The molecule has 4 aliphatic carbocycles. The number of carboxylic acids is 2. The normalized spacial score (nSPS) is 25.8. The quantitative estimate of drug-likeness (QED) is 0.0468. The summed E-state index contributed by atoms with van der Waals surface area (Å²) in [6.45, 7) is 12.5. The second kappa shape index (κ2) is 23.3. The van der Waals surface area contributed by atoms with E-state index in [1.807, 2.05) is 0 Å². The first-order valence-electron chi connectivity index (χ1n) is 26.8. The largest absolute Gasteiger partial charge is 0.488 e. The van der Waals surface area contributed by atoms with Gasteiger partial charge in [0, 0.05) is 0 Å². The Balaban J connectivity index is 1.03. The van der Waals surface area contributed by atoms with Crippen molar-refractivity contribution < 1.29 is 49.4 Å². The van der Waals surface area contributed by atoms with Gasteiger partial charge in [-0.1, -0.05) is 132 Å². The van der Waals surface area contributed by atoms with E-state index in [2.05, 4.69) is 40.7 Å². The van der Waals surface area contributed by atoms with Gasteiger partial charge in [0.05, 0.1) is 10.0 Å². The molecule has 0 amide bonds. The Kier molecular flexibility index (Phi) is 17.5. The summed E-state index contributed by atoms with van der Waals surface area (Å²) in [5, 5.41) is 59.3. The zero-order valence-corrected chi connectivity index (χ0v) is 44.7. The lowest BCUT2D eigenvalue weighted by atomic mass is 9.44. The number of ether oxygens (including phenoxy) is 2. The Bertz CT molecular complexity index is 2500. The minimum Gasteiger partial charge on any atom is -0.486 e. The van der Waals surface area contributed by atoms with Crippen molar-refractivity contribution in [2.24, 2.45) is 58.2 Å². The van der Waals surface area contributed by atoms with Gasteiger partial charge < -0.3 is 39.8 Å². The van der Waals surface area contributed by atoms with Crippen LogP contribution in [-0.4, -0.2) is 56.5 Å². The molecule has 6 N–H and O–H groups in total. The van der Waals surface area contributed by atoms with Crippen molar-refractivity contribution in [3.05, 3.63) is 122 Å². The van der Waals surface area contributed by atoms with Crippen molar-refractivity contribution in [1.29, 1.82) is 0 Å². The van der Waals surface area contributed by atoms with Crippen LogP contribution in [0.25, 0.3) is 5.57 Å². The fourth-order valence-electron chi connectivity index (χ4n) is 14.5. The lowest BCUT2D eigenvalue weighted by Crippen LogP contribution is -2.53. The molecule has 73 heavy (non-hydrogen) atoms. The van der Waals surface area contributed by atoms with Gasteiger partial charge in [-0.2, -0.15) is 0 Å². The third-order valence-corrected chi connectivity index (χ3v) is 19.0. The van der Waals surface area contributed by atoms with E-state index in [0.29, 0.717) is 67.8 Å². The first-order chi connectivity index (χ1) is 34.8. The van der Waals surface area contributed by atoms with E-state index < -0.39 is 26.2 Å². The zero-order chi connectivity index (χ0) is 52.4. The van der Waals surface area contributed by atoms with Crippen LogP contribution < -0.4 is 20.4 Å². The lowest BCUT2D eigenvalue weighted by molar-refractivity contribution is -0.121. The molecule has 0 aromatic heterocycles. The minimum absolute atomic E-state index is 0.0416. The summed E-state index contributed by atoms with van der Waals surface area (Å²) in [6, 6.07) is 19.0. The molecule has 0 spiro atoms. The van der Waals surface area contributed by atoms with E-state index >= 15 is 0 Å². The van der Waals surface area contributed by atoms with Crippen LogP contribution in [-0.2, 0) is 13.2 Å². The molecule has 4 saturated carbocycles. The Morgan fingerprint density at radius 2 is 1.21 bits per heavy atom. The van der Waals surface area contributed by atoms with Gasteiger partial charge in [-0.25, -0.2) is 9.59 Å². The molecule has 4 fully saturated rings. The van der Waals surface area contributed by atoms with E-state index in [4.69, 9.17) is 32.7 Å². The predicted molar refractivity (Wildman–Crippen MR) is 291 cm³/mol. The van der Waals surface area contributed by atoms with Gasteiger partial charge in [0.25, 0.3) is 0 Å². The van der Waals surface area contributed by atoms with E-state index in [9.17, 15) is 39.9 Å². The second-order valence-corrected chi connectivity index (χ2v) is 23.9. The van der Waals surface area contributed by atoms with Crippen LogP contribution >= 0.6 is 23.2 Å². The monoisotopic (exact) mass is 1030 g/mol. The fourth-order valence-corrected chi connectivity index (χ4v) is 15.0. The van der Waals surface area contributed by atoms with E-state index in [0.717, 1.165) is 48.3 Å². The summed E-state index contributed by atoms with van der Waals surface area (Å²) < 4.78 is 12.1. The van der Waals surface area contributed by atoms with Crippen molar-refractivity contribution in [3.8, 4) is 11.5 Å². The maximum atomic E-state index is 13.0. The van der Waals surface area contributed by atoms with Crippen molar-refractivity contribution in [1.82, 2.24) is 0 Å².